The topological polar surface area (TPSA) is 91.0 Å². The van der Waals surface area contributed by atoms with Crippen LogP contribution in [0.5, 0.6) is 0 Å². The summed E-state index contributed by atoms with van der Waals surface area (Å²) in [6.45, 7) is 0.0234. The predicted octanol–water partition coefficient (Wildman–Crippen LogP) is 6.02. The molecular weight excluding hydrogens is 627 g/mol. The summed E-state index contributed by atoms with van der Waals surface area (Å²) in [7, 11) is 2.70. The van der Waals surface area contributed by atoms with Crippen LogP contribution in [0.1, 0.15) is 56.1 Å². The molecule has 2 aromatic rings. The zero-order chi connectivity index (χ0) is 28.4. The van der Waals surface area contributed by atoms with Crippen LogP contribution in [-0.2, 0) is 19.1 Å². The molecule has 8 heteroatoms. The predicted molar refractivity (Wildman–Crippen MR) is 172 cm³/mol. The first-order valence-electron chi connectivity index (χ1n) is 12.4. The lowest BCUT2D eigenvalue weighted by Gasteiger charge is -2.07. The fourth-order valence-corrected chi connectivity index (χ4v) is 3.47. The van der Waals surface area contributed by atoms with Crippen LogP contribution in [-0.4, -0.2) is 48.9 Å². The number of rotatable bonds is 12. The number of aliphatic imine (C=N–C) groups is 1. The van der Waals surface area contributed by atoms with Gasteiger partial charge in [-0.3, -0.25) is 14.6 Å². The Kier molecular flexibility index (Phi) is 26.3. The van der Waals surface area contributed by atoms with Crippen molar-refractivity contribution in [3.8, 4) is 24.7 Å². The van der Waals surface area contributed by atoms with Gasteiger partial charge in [-0.15, -0.1) is 37.1 Å². The Morgan fingerprint density at radius 1 is 0.872 bits per heavy atom. The molecule has 39 heavy (non-hydrogen) atoms. The van der Waals surface area contributed by atoms with Crippen LogP contribution in [0.15, 0.2) is 65.7 Å². The highest BCUT2D eigenvalue weighted by atomic mass is 127. The number of benzene rings is 2. The van der Waals surface area contributed by atoms with Crippen LogP contribution < -0.4 is 5.73 Å². The van der Waals surface area contributed by atoms with E-state index in [0.717, 1.165) is 42.5 Å². The van der Waals surface area contributed by atoms with E-state index in [1.54, 1.807) is 0 Å². The van der Waals surface area contributed by atoms with E-state index in [0.29, 0.717) is 6.42 Å². The van der Waals surface area contributed by atoms with Crippen LogP contribution in [0.3, 0.4) is 0 Å². The van der Waals surface area contributed by atoms with E-state index in [2.05, 4.69) is 48.9 Å². The first-order chi connectivity index (χ1) is 18.4. The van der Waals surface area contributed by atoms with Gasteiger partial charge in [0.15, 0.2) is 0 Å². The molecule has 0 bridgehead atoms. The van der Waals surface area contributed by atoms with E-state index < -0.39 is 6.04 Å². The number of nitrogens with two attached hydrogens (primary N) is 1. The number of esters is 2. The Balaban J connectivity index is 0. The molecule has 0 heterocycles. The minimum Gasteiger partial charge on any atom is -0.468 e. The van der Waals surface area contributed by atoms with E-state index in [9.17, 15) is 9.59 Å². The number of carbonyl (C=O) groups excluding carboxylic acids is 2. The van der Waals surface area contributed by atoms with Gasteiger partial charge in [-0.2, -0.15) is 0 Å². The summed E-state index contributed by atoms with van der Waals surface area (Å²) < 4.78 is 10.3. The van der Waals surface area contributed by atoms with Gasteiger partial charge < -0.3 is 15.2 Å². The number of unbranched alkanes of at least 4 members (excludes halogenated alkanes) is 4. The highest BCUT2D eigenvalue weighted by Gasteiger charge is 2.12. The van der Waals surface area contributed by atoms with Gasteiger partial charge in [-0.25, -0.2) is 0 Å². The van der Waals surface area contributed by atoms with Crippen molar-refractivity contribution in [2.24, 2.45) is 10.7 Å². The van der Waals surface area contributed by atoms with Crippen molar-refractivity contribution >= 4 is 52.6 Å². The lowest BCUT2D eigenvalue weighted by Crippen LogP contribution is -2.31. The van der Waals surface area contributed by atoms with Crippen molar-refractivity contribution in [1.29, 1.82) is 0 Å². The molecular formula is C31H40ClIN2O4. The summed E-state index contributed by atoms with van der Waals surface area (Å²) >= 11 is 2.36. The minimum atomic E-state index is -0.493. The van der Waals surface area contributed by atoms with Gasteiger partial charge in [0.1, 0.15) is 12.6 Å². The molecule has 2 rings (SSSR count). The zero-order valence-electron chi connectivity index (χ0n) is 22.8. The number of nitrogens with zero attached hydrogens (tertiary/aromatic N) is 1. The molecule has 2 aromatic carbocycles. The second-order valence-electron chi connectivity index (χ2n) is 7.90. The lowest BCUT2D eigenvalue weighted by atomic mass is 10.0. The van der Waals surface area contributed by atoms with E-state index in [4.69, 9.17) is 18.6 Å². The van der Waals surface area contributed by atoms with E-state index in [1.807, 2.05) is 60.7 Å². The summed E-state index contributed by atoms with van der Waals surface area (Å²) in [5.41, 5.74) is 8.25. The smallest absolute Gasteiger partial charge is 0.327 e. The average Bonchev–Trinajstić information content (AvgIpc) is 2.97. The summed E-state index contributed by atoms with van der Waals surface area (Å²) in [6.07, 6.45) is 16.7. The Hall–Kier alpha value is -2.85. The molecule has 0 radical (unpaired) electrons. The van der Waals surface area contributed by atoms with Gasteiger partial charge in [0, 0.05) is 24.0 Å². The molecule has 6 nitrogen and oxygen atoms in total. The highest BCUT2D eigenvalue weighted by molar-refractivity contribution is 14.1. The largest absolute Gasteiger partial charge is 0.468 e. The van der Waals surface area contributed by atoms with Crippen LogP contribution in [0.2, 0.25) is 0 Å². The lowest BCUT2D eigenvalue weighted by molar-refractivity contribution is -0.142. The minimum absolute atomic E-state index is 0. The fraction of sp³-hybridized carbons (Fsp3) is 0.387. The van der Waals surface area contributed by atoms with Crippen molar-refractivity contribution < 1.29 is 19.1 Å². The zero-order valence-corrected chi connectivity index (χ0v) is 25.8. The molecule has 0 spiro atoms. The standard InChI is InChI=1S/C16H15NO2.C9H15NO2.C6H9I.ClH/c1-19-15(18)12-17-16(13-8-4-2-5-9-13)14-10-6-3-7-11-14;1-3-4-5-6-7-8(10)9(11)12-2;1-2-3-4-5-6-7;/h2-11H,12H2,1H3;1,8H,4-7,10H2,2H3;1H,3-6H2;1H. The first kappa shape index (κ1) is 38.3. The van der Waals surface area contributed by atoms with E-state index in [-0.39, 0.29) is 30.9 Å². The number of terminal acetylenes is 2. The number of alkyl halides is 1. The van der Waals surface area contributed by atoms with Crippen molar-refractivity contribution in [2.45, 2.75) is 51.0 Å². The molecule has 0 amide bonds. The molecule has 212 valence electrons. The molecule has 0 fully saturated rings. The summed E-state index contributed by atoms with van der Waals surface area (Å²) in [5.74, 6) is 4.43. The normalized spacial score (nSPS) is 9.79. The Morgan fingerprint density at radius 3 is 1.77 bits per heavy atom. The van der Waals surface area contributed by atoms with Gasteiger partial charge in [0.25, 0.3) is 0 Å². The SMILES string of the molecule is C#CCCCCC(N)C(=O)OC.C#CCCCCI.COC(=O)CN=C(c1ccccc1)c1ccccc1.Cl. The van der Waals surface area contributed by atoms with Gasteiger partial charge in [-0.1, -0.05) is 89.7 Å². The number of carbonyl (C=O) groups is 2. The van der Waals surface area contributed by atoms with Crippen molar-refractivity contribution in [3.63, 3.8) is 0 Å². The number of halogens is 2. The molecule has 0 aliphatic heterocycles. The van der Waals surface area contributed by atoms with Crippen molar-refractivity contribution in [3.05, 3.63) is 71.8 Å². The number of hydrogen-bond acceptors (Lipinski definition) is 6. The van der Waals surface area contributed by atoms with Gasteiger partial charge in [0.2, 0.25) is 0 Å². The van der Waals surface area contributed by atoms with Gasteiger partial charge >= 0.3 is 11.9 Å². The molecule has 1 unspecified atom stereocenters. The van der Waals surface area contributed by atoms with Gasteiger partial charge in [0.05, 0.1) is 19.9 Å². The number of hydrogen-bond donors (Lipinski definition) is 1. The Morgan fingerprint density at radius 2 is 1.36 bits per heavy atom. The molecule has 0 saturated heterocycles. The van der Waals surface area contributed by atoms with E-state index in [1.165, 1.54) is 31.5 Å². The second kappa shape index (κ2) is 26.7. The molecule has 2 N–H and O–H groups in total. The molecule has 0 aromatic heterocycles. The van der Waals surface area contributed by atoms with E-state index >= 15 is 0 Å². The summed E-state index contributed by atoms with van der Waals surface area (Å²) in [6, 6.07) is 19.1. The van der Waals surface area contributed by atoms with Crippen LogP contribution in [0.4, 0.5) is 0 Å². The maximum Gasteiger partial charge on any atom is 0.327 e. The van der Waals surface area contributed by atoms with Crippen molar-refractivity contribution in [2.75, 3.05) is 25.2 Å². The quantitative estimate of drug-likeness (QED) is 0.0747. The molecule has 0 aliphatic carbocycles. The maximum absolute atomic E-state index is 11.2. The third-order valence-corrected chi connectivity index (χ3v) is 5.75. The van der Waals surface area contributed by atoms with Crippen LogP contribution >= 0.6 is 35.0 Å². The molecule has 1 atom stereocenters. The highest BCUT2D eigenvalue weighted by Crippen LogP contribution is 2.11. The average molecular weight is 667 g/mol. The Bertz CT molecular complexity index is 977. The third-order valence-electron chi connectivity index (χ3n) is 4.98. The van der Waals surface area contributed by atoms with Gasteiger partial charge in [-0.05, 0) is 30.1 Å². The monoisotopic (exact) mass is 666 g/mol. The summed E-state index contributed by atoms with van der Waals surface area (Å²) in [5, 5.41) is 0. The Labute approximate surface area is 254 Å². The molecule has 0 saturated carbocycles. The van der Waals surface area contributed by atoms with Crippen LogP contribution in [0, 0.1) is 24.7 Å². The van der Waals surface area contributed by atoms with Crippen molar-refractivity contribution in [1.82, 2.24) is 0 Å². The number of methoxy groups -OCH3 is 2. The summed E-state index contributed by atoms with van der Waals surface area (Å²) in [4.78, 5) is 26.4. The first-order valence-corrected chi connectivity index (χ1v) is 14.0. The number of ether oxygens (including phenoxy) is 2. The fourth-order valence-electron chi connectivity index (χ4n) is 2.93. The van der Waals surface area contributed by atoms with Crippen LogP contribution in [0.25, 0.3) is 0 Å². The maximum atomic E-state index is 11.2. The third kappa shape index (κ3) is 19.8. The molecule has 0 aliphatic rings. The second-order valence-corrected chi connectivity index (χ2v) is 8.98.